The molecule has 1 aliphatic rings. The van der Waals surface area contributed by atoms with Crippen LogP contribution in [0.2, 0.25) is 0 Å². The molecular weight excluding hydrogens is 433 g/mol. The van der Waals surface area contributed by atoms with Crippen molar-refractivity contribution in [3.8, 4) is 0 Å². The van der Waals surface area contributed by atoms with Crippen LogP contribution < -0.4 is 5.32 Å². The molecule has 0 aliphatic carbocycles. The molecule has 3 aromatic rings. The maximum absolute atomic E-state index is 13.9. The summed E-state index contributed by atoms with van der Waals surface area (Å²) in [4.78, 5) is 14.5. The van der Waals surface area contributed by atoms with E-state index in [4.69, 9.17) is 0 Å². The van der Waals surface area contributed by atoms with Crippen molar-refractivity contribution in [2.75, 3.05) is 12.4 Å². The Balaban J connectivity index is 1.62. The van der Waals surface area contributed by atoms with Crippen LogP contribution in [-0.2, 0) is 13.6 Å². The molecule has 33 heavy (non-hydrogen) atoms. The first-order valence-electron chi connectivity index (χ1n) is 10.7. The Morgan fingerprint density at radius 3 is 2.42 bits per heavy atom. The van der Waals surface area contributed by atoms with Crippen molar-refractivity contribution in [3.63, 3.8) is 0 Å². The average Bonchev–Trinajstić information content (AvgIpc) is 3.28. The number of fused-ring (bicyclic) bond motifs is 1. The molecule has 1 N–H and O–H groups in total. The van der Waals surface area contributed by atoms with E-state index in [1.165, 1.54) is 11.0 Å². The van der Waals surface area contributed by atoms with Crippen LogP contribution in [0.1, 0.15) is 57.1 Å². The number of aromatic nitrogens is 4. The molecule has 2 aromatic heterocycles. The van der Waals surface area contributed by atoms with E-state index in [1.807, 2.05) is 52.1 Å². The van der Waals surface area contributed by atoms with Gasteiger partial charge in [0.1, 0.15) is 5.82 Å². The number of nitrogens with one attached hydrogen (secondary N) is 1. The fraction of sp³-hybridized carbons (Fsp3) is 0.435. The number of carbonyl (C=O) groups is 1. The van der Waals surface area contributed by atoms with Crippen molar-refractivity contribution in [2.45, 2.75) is 52.0 Å². The van der Waals surface area contributed by atoms with E-state index < -0.39 is 24.2 Å². The maximum atomic E-state index is 13.9. The van der Waals surface area contributed by atoms with Gasteiger partial charge in [0.2, 0.25) is 0 Å². The first-order valence-corrected chi connectivity index (χ1v) is 10.7. The van der Waals surface area contributed by atoms with Crippen LogP contribution in [-0.4, -0.2) is 43.6 Å². The lowest BCUT2D eigenvalue weighted by Gasteiger charge is -2.33. The molecule has 2 atom stereocenters. The topological polar surface area (TPSA) is 68.0 Å². The molecule has 3 heterocycles. The van der Waals surface area contributed by atoms with Crippen molar-refractivity contribution >= 4 is 11.7 Å². The van der Waals surface area contributed by atoms with Gasteiger partial charge in [-0.05, 0) is 26.3 Å². The van der Waals surface area contributed by atoms with E-state index in [0.29, 0.717) is 0 Å². The Bertz CT molecular complexity index is 1180. The second kappa shape index (κ2) is 8.24. The highest BCUT2D eigenvalue weighted by Gasteiger charge is 2.47. The molecule has 0 bridgehead atoms. The largest absolute Gasteiger partial charge is 0.410 e. The zero-order chi connectivity index (χ0) is 24.1. The monoisotopic (exact) mass is 460 g/mol. The lowest BCUT2D eigenvalue weighted by atomic mass is 9.96. The second-order valence-corrected chi connectivity index (χ2v) is 8.69. The number of alkyl halides is 3. The molecule has 4 rings (SSSR count). The first-order chi connectivity index (χ1) is 15.5. The van der Waals surface area contributed by atoms with Crippen LogP contribution in [0.25, 0.3) is 0 Å². The highest BCUT2D eigenvalue weighted by Crippen LogP contribution is 2.43. The summed E-state index contributed by atoms with van der Waals surface area (Å²) in [5, 5.41) is 11.6. The van der Waals surface area contributed by atoms with Gasteiger partial charge in [0.25, 0.3) is 5.91 Å². The normalized spacial score (nSPS) is 18.1. The first kappa shape index (κ1) is 22.9. The summed E-state index contributed by atoms with van der Waals surface area (Å²) in [7, 11) is 3.43. The van der Waals surface area contributed by atoms with Gasteiger partial charge in [0, 0.05) is 44.4 Å². The van der Waals surface area contributed by atoms with Gasteiger partial charge < -0.3 is 10.2 Å². The van der Waals surface area contributed by atoms with Gasteiger partial charge in [-0.25, -0.2) is 4.68 Å². The second-order valence-electron chi connectivity index (χ2n) is 8.69. The molecule has 0 radical (unpaired) electrons. The highest BCUT2D eigenvalue weighted by molar-refractivity contribution is 5.93. The summed E-state index contributed by atoms with van der Waals surface area (Å²) in [6, 6.07) is 6.43. The number of aryl methyl sites for hydroxylation is 3. The smallest absolute Gasteiger partial charge is 0.363 e. The van der Waals surface area contributed by atoms with E-state index in [0.717, 1.165) is 32.8 Å². The standard InChI is InChI=1S/C23H27F3N6O/c1-13-6-8-16(9-7-13)18-10-20(23(24,25)26)32-21(27-18)11-19(29-32)22(33)30(4)12-17-14(2)28-31(5)15(17)3/h6-9,11,18,20,27H,10,12H2,1-5H3. The van der Waals surface area contributed by atoms with Crippen LogP contribution in [0.3, 0.4) is 0 Å². The van der Waals surface area contributed by atoms with Gasteiger partial charge in [-0.1, -0.05) is 29.8 Å². The Labute approximate surface area is 190 Å². The van der Waals surface area contributed by atoms with Gasteiger partial charge in [-0.3, -0.25) is 9.48 Å². The van der Waals surface area contributed by atoms with E-state index in [-0.39, 0.29) is 24.5 Å². The van der Waals surface area contributed by atoms with Crippen molar-refractivity contribution < 1.29 is 18.0 Å². The molecule has 2 unspecified atom stereocenters. The summed E-state index contributed by atoms with van der Waals surface area (Å²) in [6.45, 7) is 5.98. The zero-order valence-electron chi connectivity index (χ0n) is 19.2. The summed E-state index contributed by atoms with van der Waals surface area (Å²) in [6.07, 6.45) is -4.71. The number of rotatable bonds is 4. The summed E-state index contributed by atoms with van der Waals surface area (Å²) >= 11 is 0. The number of benzene rings is 1. The third-order valence-electron chi connectivity index (χ3n) is 6.29. The molecule has 0 saturated heterocycles. The minimum atomic E-state index is -4.50. The van der Waals surface area contributed by atoms with E-state index >= 15 is 0 Å². The van der Waals surface area contributed by atoms with Crippen LogP contribution in [0, 0.1) is 20.8 Å². The van der Waals surface area contributed by atoms with Gasteiger partial charge in [0.05, 0.1) is 11.7 Å². The molecule has 0 saturated carbocycles. The number of halogens is 3. The Morgan fingerprint density at radius 2 is 1.85 bits per heavy atom. The molecular formula is C23H27F3N6O. The Kier molecular flexibility index (Phi) is 5.71. The number of nitrogens with zero attached hydrogens (tertiary/aromatic N) is 5. The molecule has 0 spiro atoms. The molecule has 0 fully saturated rings. The number of hydrogen-bond acceptors (Lipinski definition) is 4. The number of anilines is 1. The lowest BCUT2D eigenvalue weighted by Crippen LogP contribution is -2.35. The third kappa shape index (κ3) is 4.34. The van der Waals surface area contributed by atoms with Gasteiger partial charge >= 0.3 is 6.18 Å². The predicted molar refractivity (Wildman–Crippen MR) is 118 cm³/mol. The average molecular weight is 461 g/mol. The van der Waals surface area contributed by atoms with Crippen LogP contribution >= 0.6 is 0 Å². The minimum Gasteiger partial charge on any atom is -0.363 e. The fourth-order valence-corrected chi connectivity index (χ4v) is 4.25. The van der Waals surface area contributed by atoms with Crippen LogP contribution in [0.5, 0.6) is 0 Å². The maximum Gasteiger partial charge on any atom is 0.410 e. The van der Waals surface area contributed by atoms with Crippen molar-refractivity contribution in [2.24, 2.45) is 7.05 Å². The van der Waals surface area contributed by atoms with E-state index in [2.05, 4.69) is 15.5 Å². The quantitative estimate of drug-likeness (QED) is 0.624. The fourth-order valence-electron chi connectivity index (χ4n) is 4.25. The molecule has 176 valence electrons. The van der Waals surface area contributed by atoms with Crippen molar-refractivity contribution in [1.82, 2.24) is 24.5 Å². The Morgan fingerprint density at radius 1 is 1.18 bits per heavy atom. The summed E-state index contributed by atoms with van der Waals surface area (Å²) in [5.41, 5.74) is 4.40. The van der Waals surface area contributed by atoms with Crippen molar-refractivity contribution in [3.05, 3.63) is 64.1 Å². The van der Waals surface area contributed by atoms with Gasteiger partial charge in [-0.2, -0.15) is 23.4 Å². The Hall–Kier alpha value is -3.30. The molecule has 10 heteroatoms. The molecule has 1 aromatic carbocycles. The summed E-state index contributed by atoms with van der Waals surface area (Å²) in [5.74, 6) is -0.270. The third-order valence-corrected chi connectivity index (χ3v) is 6.29. The lowest BCUT2D eigenvalue weighted by molar-refractivity contribution is -0.173. The number of amides is 1. The van der Waals surface area contributed by atoms with Gasteiger partial charge in [-0.15, -0.1) is 0 Å². The SMILES string of the molecule is Cc1ccc(C2CC(C(F)(F)F)n3nc(C(=O)N(C)Cc4c(C)nn(C)c4C)cc3N2)cc1. The molecule has 1 amide bonds. The van der Waals surface area contributed by atoms with Crippen molar-refractivity contribution in [1.29, 1.82) is 0 Å². The zero-order valence-corrected chi connectivity index (χ0v) is 19.2. The van der Waals surface area contributed by atoms with Crippen LogP contribution in [0.15, 0.2) is 30.3 Å². The van der Waals surface area contributed by atoms with Gasteiger partial charge in [0.15, 0.2) is 11.7 Å². The number of hydrogen-bond donors (Lipinski definition) is 1. The number of carbonyl (C=O) groups excluding carboxylic acids is 1. The predicted octanol–water partition coefficient (Wildman–Crippen LogP) is 4.47. The van der Waals surface area contributed by atoms with Crippen LogP contribution in [0.4, 0.5) is 19.0 Å². The molecule has 1 aliphatic heterocycles. The summed E-state index contributed by atoms with van der Waals surface area (Å²) < 4.78 is 44.4. The van der Waals surface area contributed by atoms with E-state index in [9.17, 15) is 18.0 Å². The van der Waals surface area contributed by atoms with E-state index in [1.54, 1.807) is 11.7 Å². The molecule has 7 nitrogen and oxygen atoms in total. The minimum absolute atomic E-state index is 0.0296. The highest BCUT2D eigenvalue weighted by atomic mass is 19.4.